The highest BCUT2D eigenvalue weighted by Gasteiger charge is 2.13. The minimum absolute atomic E-state index is 0.0385. The Bertz CT molecular complexity index is 418. The van der Waals surface area contributed by atoms with Gasteiger partial charge in [-0.1, -0.05) is 13.3 Å². The molecular weight excluding hydrogens is 444 g/mol. The first kappa shape index (κ1) is 33.1. The topological polar surface area (TPSA) is 97.0 Å². The van der Waals surface area contributed by atoms with Gasteiger partial charge in [-0.2, -0.15) is 0 Å². The van der Waals surface area contributed by atoms with Crippen molar-refractivity contribution in [1.82, 2.24) is 10.2 Å². The zero-order chi connectivity index (χ0) is 25.0. The van der Waals surface area contributed by atoms with Crippen LogP contribution in [0.25, 0.3) is 0 Å². The summed E-state index contributed by atoms with van der Waals surface area (Å²) in [6, 6.07) is 0. The molecule has 0 unspecified atom stereocenters. The normalized spacial score (nSPS) is 11.3. The smallest absolute Gasteiger partial charge is 0.225 e. The lowest BCUT2D eigenvalue weighted by Gasteiger charge is -2.23. The number of carbonyl (C=O) groups excluding carboxylic acids is 1. The second-order valence-corrected chi connectivity index (χ2v) is 7.46. The second-order valence-electron chi connectivity index (χ2n) is 7.46. The Morgan fingerprint density at radius 3 is 1.62 bits per heavy atom. The van der Waals surface area contributed by atoms with E-state index in [9.17, 15) is 4.79 Å². The number of unbranched alkanes of at least 4 members (excludes halogenated alkanes) is 1. The summed E-state index contributed by atoms with van der Waals surface area (Å²) in [4.78, 5) is 14.4. The molecule has 0 aromatic carbocycles. The van der Waals surface area contributed by atoms with Gasteiger partial charge in [0.05, 0.1) is 85.7 Å². The summed E-state index contributed by atoms with van der Waals surface area (Å²) in [5, 5.41) is 3.03. The van der Waals surface area contributed by atoms with Crippen molar-refractivity contribution in [2.24, 2.45) is 0 Å². The van der Waals surface area contributed by atoms with Crippen molar-refractivity contribution in [2.75, 3.05) is 119 Å². The number of ether oxygens (including phenoxy) is 7. The third-order valence-corrected chi connectivity index (χ3v) is 4.65. The molecule has 0 aromatic rings. The van der Waals surface area contributed by atoms with Gasteiger partial charge in [-0.15, -0.1) is 0 Å². The Kier molecular flexibility index (Phi) is 27.7. The van der Waals surface area contributed by atoms with Gasteiger partial charge in [-0.3, -0.25) is 4.79 Å². The van der Waals surface area contributed by atoms with Crippen LogP contribution in [-0.4, -0.2) is 130 Å². The van der Waals surface area contributed by atoms with E-state index in [1.54, 1.807) is 4.90 Å². The van der Waals surface area contributed by atoms with Gasteiger partial charge in [-0.05, 0) is 20.4 Å². The molecular formula is C24H50N2O8. The van der Waals surface area contributed by atoms with Crippen LogP contribution in [0.2, 0.25) is 0 Å². The van der Waals surface area contributed by atoms with Gasteiger partial charge >= 0.3 is 0 Å². The molecule has 0 saturated carbocycles. The Morgan fingerprint density at radius 2 is 1.09 bits per heavy atom. The average Bonchev–Trinajstić information content (AvgIpc) is 2.84. The molecule has 34 heavy (non-hydrogen) atoms. The maximum absolute atomic E-state index is 12.6. The van der Waals surface area contributed by atoms with E-state index in [1.165, 1.54) is 0 Å². The Labute approximate surface area is 206 Å². The molecule has 0 atom stereocenters. The van der Waals surface area contributed by atoms with Crippen LogP contribution < -0.4 is 5.32 Å². The van der Waals surface area contributed by atoms with Crippen LogP contribution in [0.5, 0.6) is 0 Å². The fourth-order valence-corrected chi connectivity index (χ4v) is 2.68. The summed E-state index contributed by atoms with van der Waals surface area (Å²) in [5.74, 6) is 0.0385. The van der Waals surface area contributed by atoms with Gasteiger partial charge in [0.15, 0.2) is 0 Å². The Balaban J connectivity index is 3.89. The minimum Gasteiger partial charge on any atom is -0.380 e. The van der Waals surface area contributed by atoms with Crippen molar-refractivity contribution in [3.05, 3.63) is 0 Å². The van der Waals surface area contributed by atoms with E-state index in [1.807, 2.05) is 14.0 Å². The summed E-state index contributed by atoms with van der Waals surface area (Å²) < 4.78 is 38.2. The molecule has 0 saturated heterocycles. The standard InChI is InChI=1S/C24H50N2O8/c1-4-6-11-29-14-9-26(10-15-32-20-19-31-13-8-25-3)24(27)7-12-30-18-21-34-23-22-33-17-16-28-5-2/h25H,4-23H2,1-3H3. The fraction of sp³-hybridized carbons (Fsp3) is 0.958. The summed E-state index contributed by atoms with van der Waals surface area (Å²) in [5.41, 5.74) is 0. The third kappa shape index (κ3) is 24.3. The molecule has 0 bridgehead atoms. The van der Waals surface area contributed by atoms with E-state index < -0.39 is 0 Å². The van der Waals surface area contributed by atoms with Crippen molar-refractivity contribution in [3.63, 3.8) is 0 Å². The number of carbonyl (C=O) groups is 1. The highest BCUT2D eigenvalue weighted by atomic mass is 16.6. The van der Waals surface area contributed by atoms with Gasteiger partial charge in [0.25, 0.3) is 0 Å². The molecule has 0 fully saturated rings. The maximum atomic E-state index is 12.6. The summed E-state index contributed by atoms with van der Waals surface area (Å²) in [6.45, 7) is 13.6. The number of amides is 1. The van der Waals surface area contributed by atoms with Crippen LogP contribution >= 0.6 is 0 Å². The molecule has 0 heterocycles. The Morgan fingerprint density at radius 1 is 0.618 bits per heavy atom. The molecule has 10 nitrogen and oxygen atoms in total. The fourth-order valence-electron chi connectivity index (χ4n) is 2.68. The summed E-state index contributed by atoms with van der Waals surface area (Å²) in [7, 11) is 1.89. The second kappa shape index (κ2) is 28.4. The average molecular weight is 495 g/mol. The number of nitrogens with one attached hydrogen (secondary N) is 1. The predicted octanol–water partition coefficient (Wildman–Crippen LogP) is 1.36. The number of hydrogen-bond acceptors (Lipinski definition) is 9. The van der Waals surface area contributed by atoms with Crippen molar-refractivity contribution >= 4 is 5.91 Å². The van der Waals surface area contributed by atoms with Crippen LogP contribution in [-0.2, 0) is 38.0 Å². The molecule has 0 aliphatic carbocycles. The van der Waals surface area contributed by atoms with E-state index >= 15 is 0 Å². The highest BCUT2D eigenvalue weighted by molar-refractivity contribution is 5.76. The van der Waals surface area contributed by atoms with E-state index in [-0.39, 0.29) is 5.91 Å². The molecule has 0 aliphatic rings. The van der Waals surface area contributed by atoms with Crippen LogP contribution in [0.15, 0.2) is 0 Å². The summed E-state index contributed by atoms with van der Waals surface area (Å²) in [6.07, 6.45) is 2.44. The van der Waals surface area contributed by atoms with Gasteiger partial charge in [0, 0.05) is 32.8 Å². The minimum atomic E-state index is 0.0385. The van der Waals surface area contributed by atoms with E-state index in [0.29, 0.717) is 105 Å². The van der Waals surface area contributed by atoms with Crippen molar-refractivity contribution in [1.29, 1.82) is 0 Å². The maximum Gasteiger partial charge on any atom is 0.225 e. The number of hydrogen-bond donors (Lipinski definition) is 1. The molecule has 0 spiro atoms. The van der Waals surface area contributed by atoms with Gasteiger partial charge in [-0.25, -0.2) is 0 Å². The third-order valence-electron chi connectivity index (χ3n) is 4.65. The van der Waals surface area contributed by atoms with Crippen LogP contribution in [0.3, 0.4) is 0 Å². The van der Waals surface area contributed by atoms with Crippen LogP contribution in [0, 0.1) is 0 Å². The lowest BCUT2D eigenvalue weighted by atomic mass is 10.3. The van der Waals surface area contributed by atoms with Crippen LogP contribution in [0.4, 0.5) is 0 Å². The van der Waals surface area contributed by atoms with Crippen LogP contribution in [0.1, 0.15) is 33.1 Å². The monoisotopic (exact) mass is 494 g/mol. The first-order valence-electron chi connectivity index (χ1n) is 12.7. The van der Waals surface area contributed by atoms with Crippen molar-refractivity contribution in [2.45, 2.75) is 33.1 Å². The summed E-state index contributed by atoms with van der Waals surface area (Å²) >= 11 is 0. The molecule has 1 amide bonds. The zero-order valence-electron chi connectivity index (χ0n) is 21.9. The molecule has 0 aliphatic heterocycles. The van der Waals surface area contributed by atoms with Gasteiger partial charge in [0.1, 0.15) is 0 Å². The lowest BCUT2D eigenvalue weighted by molar-refractivity contribution is -0.134. The van der Waals surface area contributed by atoms with E-state index in [2.05, 4.69) is 12.2 Å². The molecule has 1 N–H and O–H groups in total. The predicted molar refractivity (Wildman–Crippen MR) is 131 cm³/mol. The number of nitrogens with zero attached hydrogens (tertiary/aromatic N) is 1. The lowest BCUT2D eigenvalue weighted by Crippen LogP contribution is -2.37. The number of likely N-dealkylation sites (N-methyl/N-ethyl adjacent to an activating group) is 1. The van der Waals surface area contributed by atoms with Crippen molar-refractivity contribution < 1.29 is 38.0 Å². The largest absolute Gasteiger partial charge is 0.380 e. The number of rotatable bonds is 28. The highest BCUT2D eigenvalue weighted by Crippen LogP contribution is 1.98. The quantitative estimate of drug-likeness (QED) is 0.162. The molecule has 204 valence electrons. The Hall–Kier alpha value is -0.850. The molecule has 0 aromatic heterocycles. The molecule has 0 radical (unpaired) electrons. The first-order valence-corrected chi connectivity index (χ1v) is 12.7. The molecule has 10 heteroatoms. The first-order chi connectivity index (χ1) is 16.8. The van der Waals surface area contributed by atoms with Crippen molar-refractivity contribution in [3.8, 4) is 0 Å². The van der Waals surface area contributed by atoms with E-state index in [0.717, 1.165) is 26.0 Å². The molecule has 0 rings (SSSR count). The SMILES string of the molecule is CCCCOCCN(CCOCCOCCNC)C(=O)CCOCCOCCOCCOCC. The van der Waals surface area contributed by atoms with E-state index in [4.69, 9.17) is 33.2 Å². The zero-order valence-corrected chi connectivity index (χ0v) is 21.9. The van der Waals surface area contributed by atoms with Gasteiger partial charge in [0.2, 0.25) is 5.91 Å². The van der Waals surface area contributed by atoms with Gasteiger partial charge < -0.3 is 43.4 Å².